The molecule has 7 nitrogen and oxygen atoms in total. The summed E-state index contributed by atoms with van der Waals surface area (Å²) in [7, 11) is -4.38. The maximum atomic E-state index is 12.1. The van der Waals surface area contributed by atoms with Crippen LogP contribution in [-0.2, 0) is 20.2 Å². The number of carboxylic acid groups (broad SMARTS) is 1. The average molecular weight is 662 g/mol. The van der Waals surface area contributed by atoms with E-state index >= 15 is 0 Å². The summed E-state index contributed by atoms with van der Waals surface area (Å²) in [6.07, 6.45) is 11.8. The molecule has 0 atom stereocenters. The Morgan fingerprint density at radius 3 is 2.41 bits per heavy atom. The molecule has 0 aromatic heterocycles. The highest BCUT2D eigenvalue weighted by Gasteiger charge is 2.44. The lowest BCUT2D eigenvalue weighted by Gasteiger charge is -2.26. The van der Waals surface area contributed by atoms with E-state index < -0.39 is 19.0 Å². The van der Waals surface area contributed by atoms with E-state index in [9.17, 15) is 24.3 Å². The molecule has 2 aliphatic heterocycles. The van der Waals surface area contributed by atoms with Gasteiger partial charge in [-0.15, -0.1) is 11.8 Å². The predicted octanol–water partition coefficient (Wildman–Crippen LogP) is 7.72. The van der Waals surface area contributed by atoms with Crippen molar-refractivity contribution in [3.8, 4) is 0 Å². The van der Waals surface area contributed by atoms with Crippen LogP contribution in [0.3, 0.4) is 0 Å². The Balaban J connectivity index is 1.56. The molecule has 0 unspecified atom stereocenters. The van der Waals surface area contributed by atoms with Crippen LogP contribution in [-0.4, -0.2) is 50.0 Å². The van der Waals surface area contributed by atoms with Crippen molar-refractivity contribution in [3.63, 3.8) is 0 Å². The van der Waals surface area contributed by atoms with Gasteiger partial charge in [-0.05, 0) is 87.9 Å². The predicted molar refractivity (Wildman–Crippen MR) is 190 cm³/mol. The Bertz CT molecular complexity index is 1760. The van der Waals surface area contributed by atoms with Crippen LogP contribution in [0.2, 0.25) is 0 Å². The first kappa shape index (κ1) is 34.2. The standard InChI is InChI=1S/C37H45N2O5PS/c1-7-38-30-15-10-9-14-28(30)36(3,4)32(38)20-16-25-12-11-13-26(35(25)46-23-22-34(40)41)17-21-33-37(5,6)29-24-27(45(42,43)44)18-19-31(29)39(33)8-2/h9-10,14-21,24H,7-8,11-13,22-23H2,1-6H3,(H2-,40,41,42,43,44)/p+1. The molecule has 0 bridgehead atoms. The zero-order valence-electron chi connectivity index (χ0n) is 27.7. The Morgan fingerprint density at radius 1 is 1.00 bits per heavy atom. The van der Waals surface area contributed by atoms with Crippen LogP contribution in [0.15, 0.2) is 88.5 Å². The zero-order valence-corrected chi connectivity index (χ0v) is 29.4. The SMILES string of the molecule is CCN1/C(=C/C=C2\CCCC(/C=C/C3=[N+](CC)c4ccccc4C3(C)C)=C2SCCC(=O)O)C(C)(C)c2cc(P(=O)(O)O)ccc21. The summed E-state index contributed by atoms with van der Waals surface area (Å²) in [5, 5.41) is 9.44. The Kier molecular flexibility index (Phi) is 9.77. The third-order valence-corrected chi connectivity index (χ3v) is 11.7. The van der Waals surface area contributed by atoms with E-state index in [0.29, 0.717) is 5.75 Å². The quantitative estimate of drug-likeness (QED) is 0.177. The van der Waals surface area contributed by atoms with Gasteiger partial charge in [0.2, 0.25) is 5.69 Å². The van der Waals surface area contributed by atoms with Crippen LogP contribution in [0.1, 0.15) is 78.4 Å². The lowest BCUT2D eigenvalue weighted by atomic mass is 9.81. The van der Waals surface area contributed by atoms with Crippen molar-refractivity contribution >= 4 is 47.7 Å². The number of aliphatic carboxylic acids is 1. The van der Waals surface area contributed by atoms with Gasteiger partial charge in [0.05, 0.1) is 17.1 Å². The number of nitrogens with zero attached hydrogens (tertiary/aromatic N) is 2. The molecule has 1 aliphatic carbocycles. The minimum atomic E-state index is -4.38. The summed E-state index contributed by atoms with van der Waals surface area (Å²) in [4.78, 5) is 34.5. The molecule has 9 heteroatoms. The first-order chi connectivity index (χ1) is 21.7. The Labute approximate surface area is 277 Å². The second kappa shape index (κ2) is 13.2. The first-order valence-electron chi connectivity index (χ1n) is 16.1. The molecule has 5 rings (SSSR count). The van der Waals surface area contributed by atoms with Crippen LogP contribution >= 0.6 is 19.4 Å². The van der Waals surface area contributed by atoms with Crippen molar-refractivity contribution < 1.29 is 28.8 Å². The molecular formula is C37H46N2O5PS+. The van der Waals surface area contributed by atoms with E-state index in [-0.39, 0.29) is 17.1 Å². The number of benzene rings is 2. The molecule has 0 radical (unpaired) electrons. The van der Waals surface area contributed by atoms with Crippen molar-refractivity contribution in [1.82, 2.24) is 0 Å². The highest BCUT2D eigenvalue weighted by molar-refractivity contribution is 8.03. The third-order valence-electron chi connectivity index (χ3n) is 9.57. The van der Waals surface area contributed by atoms with Crippen molar-refractivity contribution in [2.24, 2.45) is 0 Å². The van der Waals surface area contributed by atoms with E-state index in [4.69, 9.17) is 0 Å². The van der Waals surface area contributed by atoms with Crippen LogP contribution in [0, 0.1) is 0 Å². The topological polar surface area (TPSA) is 101 Å². The van der Waals surface area contributed by atoms with E-state index in [1.807, 2.05) is 6.07 Å². The summed E-state index contributed by atoms with van der Waals surface area (Å²) in [6, 6.07) is 13.6. The number of para-hydroxylation sites is 1. The van der Waals surface area contributed by atoms with Gasteiger partial charge >= 0.3 is 13.6 Å². The summed E-state index contributed by atoms with van der Waals surface area (Å²) < 4.78 is 14.5. The van der Waals surface area contributed by atoms with Gasteiger partial charge < -0.3 is 19.8 Å². The molecule has 2 aromatic carbocycles. The van der Waals surface area contributed by atoms with E-state index in [0.717, 1.165) is 54.2 Å². The Morgan fingerprint density at radius 2 is 1.74 bits per heavy atom. The molecule has 0 fully saturated rings. The van der Waals surface area contributed by atoms with Crippen LogP contribution < -0.4 is 10.2 Å². The molecule has 0 spiro atoms. The summed E-state index contributed by atoms with van der Waals surface area (Å²) in [6.45, 7) is 14.6. The number of fused-ring (bicyclic) bond motifs is 2. The Hall–Kier alpha value is -3.16. The molecule has 0 amide bonds. The van der Waals surface area contributed by atoms with Gasteiger partial charge in [0.15, 0.2) is 5.71 Å². The molecule has 2 aromatic rings. The number of thioether (sulfide) groups is 1. The molecule has 46 heavy (non-hydrogen) atoms. The van der Waals surface area contributed by atoms with Gasteiger partial charge in [0.1, 0.15) is 6.54 Å². The number of carbonyl (C=O) groups is 1. The highest BCUT2D eigenvalue weighted by Crippen LogP contribution is 2.49. The number of carboxylic acids is 1. The smallest absolute Gasteiger partial charge is 0.356 e. The third kappa shape index (κ3) is 6.37. The largest absolute Gasteiger partial charge is 0.481 e. The number of hydrogen-bond donors (Lipinski definition) is 3. The van der Waals surface area contributed by atoms with Gasteiger partial charge in [-0.25, -0.2) is 0 Å². The van der Waals surface area contributed by atoms with Gasteiger partial charge in [0, 0.05) is 51.7 Å². The molecule has 3 N–H and O–H groups in total. The maximum Gasteiger partial charge on any atom is 0.356 e. The lowest BCUT2D eigenvalue weighted by molar-refractivity contribution is -0.433. The minimum Gasteiger partial charge on any atom is -0.481 e. The second-order valence-electron chi connectivity index (χ2n) is 13.2. The van der Waals surface area contributed by atoms with Crippen LogP contribution in [0.5, 0.6) is 0 Å². The molecule has 244 valence electrons. The normalized spacial score (nSPS) is 20.7. The zero-order chi connectivity index (χ0) is 33.4. The monoisotopic (exact) mass is 661 g/mol. The molecule has 0 saturated heterocycles. The maximum absolute atomic E-state index is 12.1. The molecule has 2 heterocycles. The second-order valence-corrected chi connectivity index (χ2v) is 15.9. The van der Waals surface area contributed by atoms with Gasteiger partial charge in [0.25, 0.3) is 0 Å². The number of anilines is 1. The number of rotatable bonds is 10. The first-order valence-corrected chi connectivity index (χ1v) is 18.7. The van der Waals surface area contributed by atoms with Crippen molar-refractivity contribution in [2.45, 2.75) is 78.1 Å². The van der Waals surface area contributed by atoms with Crippen molar-refractivity contribution in [1.29, 1.82) is 0 Å². The molecule has 3 aliphatic rings. The molecular weight excluding hydrogens is 615 g/mol. The molecule has 0 saturated carbocycles. The highest BCUT2D eigenvalue weighted by atomic mass is 32.2. The minimum absolute atomic E-state index is 0.0341. The lowest BCUT2D eigenvalue weighted by Crippen LogP contribution is -2.27. The summed E-state index contributed by atoms with van der Waals surface area (Å²) >= 11 is 1.63. The number of hydrogen-bond acceptors (Lipinski definition) is 4. The van der Waals surface area contributed by atoms with Crippen molar-refractivity contribution in [2.75, 3.05) is 23.7 Å². The summed E-state index contributed by atoms with van der Waals surface area (Å²) in [5.74, 6) is -0.305. The number of likely N-dealkylation sites (N-methyl/N-ethyl adjacent to an activating group) is 1. The van der Waals surface area contributed by atoms with Crippen LogP contribution in [0.25, 0.3) is 0 Å². The average Bonchev–Trinajstić information content (AvgIpc) is 3.36. The fraction of sp³-hybridized carbons (Fsp3) is 0.405. The van der Waals surface area contributed by atoms with Gasteiger partial charge in [-0.2, -0.15) is 4.58 Å². The summed E-state index contributed by atoms with van der Waals surface area (Å²) in [5.41, 5.74) is 8.59. The van der Waals surface area contributed by atoms with E-state index in [1.165, 1.54) is 34.2 Å². The van der Waals surface area contributed by atoms with E-state index in [1.54, 1.807) is 17.8 Å². The van der Waals surface area contributed by atoms with Gasteiger partial charge in [-0.1, -0.05) is 44.2 Å². The fourth-order valence-corrected chi connectivity index (χ4v) is 8.93. The fourth-order valence-electron chi connectivity index (χ4n) is 7.17. The van der Waals surface area contributed by atoms with E-state index in [2.05, 4.69) is 99.6 Å². The number of allylic oxidation sites excluding steroid dienone is 7. The van der Waals surface area contributed by atoms with Gasteiger partial charge in [-0.3, -0.25) is 9.36 Å². The van der Waals surface area contributed by atoms with Crippen LogP contribution in [0.4, 0.5) is 11.4 Å². The van der Waals surface area contributed by atoms with Crippen molar-refractivity contribution in [3.05, 3.63) is 99.6 Å².